The molecule has 0 saturated carbocycles. The number of carbonyl (C=O) groups is 2. The van der Waals surface area contributed by atoms with Crippen molar-refractivity contribution in [2.75, 3.05) is 11.4 Å². The van der Waals surface area contributed by atoms with Crippen LogP contribution in [0.1, 0.15) is 6.42 Å². The van der Waals surface area contributed by atoms with Crippen LogP contribution in [0.3, 0.4) is 0 Å². The zero-order chi connectivity index (χ0) is 13.4. The Kier molecular flexibility index (Phi) is 3.45. The van der Waals surface area contributed by atoms with Crippen molar-refractivity contribution in [3.63, 3.8) is 0 Å². The van der Waals surface area contributed by atoms with Crippen LogP contribution < -0.4 is 10.6 Å². The monoisotopic (exact) mass is 290 g/mol. The average Bonchev–Trinajstić information content (AvgIpc) is 2.68. The Morgan fingerprint density at radius 1 is 1.39 bits per heavy atom. The van der Waals surface area contributed by atoms with E-state index in [1.807, 2.05) is 0 Å². The van der Waals surface area contributed by atoms with Crippen molar-refractivity contribution in [1.82, 2.24) is 0 Å². The summed E-state index contributed by atoms with van der Waals surface area (Å²) in [5.41, 5.74) is 5.52. The lowest BCUT2D eigenvalue weighted by Crippen LogP contribution is -2.28. The van der Waals surface area contributed by atoms with E-state index < -0.39 is 17.6 Å². The smallest absolute Gasteiger partial charge is 0.227 e. The van der Waals surface area contributed by atoms with Crippen LogP contribution in [-0.4, -0.2) is 18.4 Å². The van der Waals surface area contributed by atoms with E-state index in [0.29, 0.717) is 5.69 Å². The molecule has 2 N–H and O–H groups in total. The second kappa shape index (κ2) is 4.74. The molecule has 0 aliphatic carbocycles. The van der Waals surface area contributed by atoms with Crippen molar-refractivity contribution in [2.45, 2.75) is 6.42 Å². The number of benzene rings is 1. The van der Waals surface area contributed by atoms with E-state index in [-0.39, 0.29) is 28.9 Å². The Labute approximate surface area is 112 Å². The second-order valence-corrected chi connectivity index (χ2v) is 4.85. The summed E-state index contributed by atoms with van der Waals surface area (Å²) < 4.78 is 13.3. The van der Waals surface area contributed by atoms with Crippen LogP contribution in [0.5, 0.6) is 0 Å². The molecule has 1 aliphatic heterocycles. The van der Waals surface area contributed by atoms with Crippen molar-refractivity contribution >= 4 is 40.7 Å². The Bertz CT molecular complexity index is 513. The van der Waals surface area contributed by atoms with Gasteiger partial charge in [0.1, 0.15) is 0 Å². The van der Waals surface area contributed by atoms with Gasteiger partial charge in [-0.25, -0.2) is 4.39 Å². The highest BCUT2D eigenvalue weighted by Crippen LogP contribution is 2.32. The van der Waals surface area contributed by atoms with Crippen LogP contribution in [-0.2, 0) is 9.59 Å². The van der Waals surface area contributed by atoms with Gasteiger partial charge in [-0.2, -0.15) is 0 Å². The van der Waals surface area contributed by atoms with E-state index in [4.69, 9.17) is 28.9 Å². The first-order chi connectivity index (χ1) is 8.40. The Morgan fingerprint density at radius 3 is 2.39 bits per heavy atom. The maximum atomic E-state index is 13.3. The van der Waals surface area contributed by atoms with Gasteiger partial charge in [-0.05, 0) is 12.1 Å². The number of nitrogens with two attached hydrogens (primary N) is 1. The molecule has 0 spiro atoms. The summed E-state index contributed by atoms with van der Waals surface area (Å²) in [5, 5.41) is -0.347. The minimum atomic E-state index is -0.736. The predicted octanol–water partition coefficient (Wildman–Crippen LogP) is 1.97. The molecule has 4 nitrogen and oxygen atoms in total. The Balaban J connectivity index is 2.33. The number of carbonyl (C=O) groups excluding carboxylic acids is 2. The summed E-state index contributed by atoms with van der Waals surface area (Å²) in [5.74, 6) is -2.08. The van der Waals surface area contributed by atoms with Crippen molar-refractivity contribution < 1.29 is 14.0 Å². The highest BCUT2D eigenvalue weighted by atomic mass is 35.5. The number of hydrogen-bond acceptors (Lipinski definition) is 2. The van der Waals surface area contributed by atoms with E-state index in [1.165, 1.54) is 17.0 Å². The SMILES string of the molecule is NC(=O)C1CC(=O)N(c2cc(Cl)c(F)c(Cl)c2)C1. The molecule has 0 radical (unpaired) electrons. The summed E-state index contributed by atoms with van der Waals surface area (Å²) in [6.07, 6.45) is 0.0436. The standard InChI is InChI=1S/C11H9Cl2FN2O2/c12-7-2-6(3-8(13)10(7)14)16-4-5(11(15)18)1-9(16)17/h2-3,5H,1,4H2,(H2,15,18). The van der Waals surface area contributed by atoms with Gasteiger partial charge in [0.15, 0.2) is 5.82 Å². The molecule has 0 aromatic heterocycles. The van der Waals surface area contributed by atoms with Crippen LogP contribution in [0.15, 0.2) is 12.1 Å². The zero-order valence-corrected chi connectivity index (χ0v) is 10.6. The van der Waals surface area contributed by atoms with Crippen molar-refractivity contribution in [1.29, 1.82) is 0 Å². The number of anilines is 1. The molecule has 1 fully saturated rings. The first-order valence-electron chi connectivity index (χ1n) is 5.14. The molecular weight excluding hydrogens is 282 g/mol. The zero-order valence-electron chi connectivity index (χ0n) is 9.12. The number of nitrogens with zero attached hydrogens (tertiary/aromatic N) is 1. The van der Waals surface area contributed by atoms with E-state index in [2.05, 4.69) is 0 Å². The third-order valence-corrected chi connectivity index (χ3v) is 3.36. The van der Waals surface area contributed by atoms with Crippen molar-refractivity contribution in [3.8, 4) is 0 Å². The molecule has 1 atom stereocenters. The van der Waals surface area contributed by atoms with Gasteiger partial charge >= 0.3 is 0 Å². The number of hydrogen-bond donors (Lipinski definition) is 1. The van der Waals surface area contributed by atoms with Gasteiger partial charge in [0.25, 0.3) is 0 Å². The largest absolute Gasteiger partial charge is 0.369 e. The van der Waals surface area contributed by atoms with Crippen LogP contribution in [0.4, 0.5) is 10.1 Å². The van der Waals surface area contributed by atoms with E-state index in [1.54, 1.807) is 0 Å². The maximum absolute atomic E-state index is 13.3. The lowest BCUT2D eigenvalue weighted by Gasteiger charge is -2.17. The van der Waals surface area contributed by atoms with Crippen LogP contribution >= 0.6 is 23.2 Å². The molecule has 96 valence electrons. The number of rotatable bonds is 2. The maximum Gasteiger partial charge on any atom is 0.227 e. The number of amides is 2. The fourth-order valence-corrected chi connectivity index (χ4v) is 2.32. The third-order valence-electron chi connectivity index (χ3n) is 2.81. The predicted molar refractivity (Wildman–Crippen MR) is 66.1 cm³/mol. The molecule has 1 aromatic rings. The minimum Gasteiger partial charge on any atom is -0.369 e. The summed E-state index contributed by atoms with van der Waals surface area (Å²) in [6.45, 7) is 0.159. The van der Waals surface area contributed by atoms with E-state index >= 15 is 0 Å². The fraction of sp³-hybridized carbons (Fsp3) is 0.273. The van der Waals surface area contributed by atoms with Gasteiger partial charge in [-0.15, -0.1) is 0 Å². The lowest BCUT2D eigenvalue weighted by atomic mass is 10.1. The van der Waals surface area contributed by atoms with E-state index in [0.717, 1.165) is 0 Å². The molecule has 0 bridgehead atoms. The third kappa shape index (κ3) is 2.28. The van der Waals surface area contributed by atoms with Crippen molar-refractivity contribution in [2.24, 2.45) is 11.7 Å². The highest BCUT2D eigenvalue weighted by molar-refractivity contribution is 6.35. The normalized spacial score (nSPS) is 19.4. The fourth-order valence-electron chi connectivity index (χ4n) is 1.85. The van der Waals surface area contributed by atoms with Crippen LogP contribution in [0.25, 0.3) is 0 Å². The van der Waals surface area contributed by atoms with Crippen LogP contribution in [0, 0.1) is 11.7 Å². The van der Waals surface area contributed by atoms with Crippen LogP contribution in [0.2, 0.25) is 10.0 Å². The van der Waals surface area contributed by atoms with Gasteiger partial charge in [0.2, 0.25) is 11.8 Å². The van der Waals surface area contributed by atoms with Gasteiger partial charge in [0.05, 0.1) is 16.0 Å². The molecular formula is C11H9Cl2FN2O2. The molecule has 1 aliphatic rings. The lowest BCUT2D eigenvalue weighted by molar-refractivity contribution is -0.123. The molecule has 18 heavy (non-hydrogen) atoms. The number of halogens is 3. The molecule has 1 saturated heterocycles. The summed E-state index contributed by atoms with van der Waals surface area (Å²) in [7, 11) is 0. The minimum absolute atomic E-state index is 0.0436. The first kappa shape index (κ1) is 13.1. The first-order valence-corrected chi connectivity index (χ1v) is 5.90. The quantitative estimate of drug-likeness (QED) is 0.847. The highest BCUT2D eigenvalue weighted by Gasteiger charge is 2.34. The van der Waals surface area contributed by atoms with Gasteiger partial charge < -0.3 is 10.6 Å². The summed E-state index contributed by atoms with van der Waals surface area (Å²) >= 11 is 11.3. The van der Waals surface area contributed by atoms with Gasteiger partial charge in [-0.1, -0.05) is 23.2 Å². The summed E-state index contributed by atoms with van der Waals surface area (Å²) in [4.78, 5) is 24.1. The molecule has 2 rings (SSSR count). The van der Waals surface area contributed by atoms with Gasteiger partial charge in [0, 0.05) is 18.7 Å². The molecule has 2 amide bonds. The summed E-state index contributed by atoms with van der Waals surface area (Å²) in [6, 6.07) is 2.59. The van der Waals surface area contributed by atoms with Gasteiger partial charge in [-0.3, -0.25) is 9.59 Å². The Morgan fingerprint density at radius 2 is 1.94 bits per heavy atom. The second-order valence-electron chi connectivity index (χ2n) is 4.03. The topological polar surface area (TPSA) is 63.4 Å². The molecule has 1 aromatic carbocycles. The molecule has 1 unspecified atom stereocenters. The Hall–Kier alpha value is -1.33. The molecule has 7 heteroatoms. The average molecular weight is 291 g/mol. The van der Waals surface area contributed by atoms with Crippen molar-refractivity contribution in [3.05, 3.63) is 28.0 Å². The van der Waals surface area contributed by atoms with E-state index in [9.17, 15) is 14.0 Å². The number of primary amides is 1. The molecule has 1 heterocycles.